The van der Waals surface area contributed by atoms with Crippen LogP contribution >= 0.6 is 0 Å². The van der Waals surface area contributed by atoms with Gasteiger partial charge < -0.3 is 5.32 Å². The van der Waals surface area contributed by atoms with Gasteiger partial charge in [-0.1, -0.05) is 54.6 Å². The SMILES string of the molecule is O=C(c1ccc(-c2ccccc2)cc1)C1CCCNC1. The molecule has 2 nitrogen and oxygen atoms in total. The van der Waals surface area contributed by atoms with Crippen LogP contribution < -0.4 is 5.32 Å². The summed E-state index contributed by atoms with van der Waals surface area (Å²) in [4.78, 5) is 12.4. The second kappa shape index (κ2) is 6.02. The van der Waals surface area contributed by atoms with E-state index in [0.29, 0.717) is 0 Å². The van der Waals surface area contributed by atoms with E-state index in [-0.39, 0.29) is 11.7 Å². The maximum absolute atomic E-state index is 12.4. The van der Waals surface area contributed by atoms with Crippen molar-refractivity contribution in [2.24, 2.45) is 5.92 Å². The van der Waals surface area contributed by atoms with Gasteiger partial charge in [0.2, 0.25) is 0 Å². The maximum Gasteiger partial charge on any atom is 0.167 e. The lowest BCUT2D eigenvalue weighted by Gasteiger charge is -2.21. The third kappa shape index (κ3) is 2.81. The fourth-order valence-corrected chi connectivity index (χ4v) is 2.77. The zero-order valence-corrected chi connectivity index (χ0v) is 11.5. The van der Waals surface area contributed by atoms with E-state index < -0.39 is 0 Å². The largest absolute Gasteiger partial charge is 0.316 e. The van der Waals surface area contributed by atoms with Gasteiger partial charge in [-0.2, -0.15) is 0 Å². The molecule has 1 saturated heterocycles. The molecule has 3 rings (SSSR count). The molecule has 0 aliphatic carbocycles. The van der Waals surface area contributed by atoms with E-state index >= 15 is 0 Å². The Bertz CT molecular complexity index is 568. The van der Waals surface area contributed by atoms with Crippen LogP contribution in [-0.4, -0.2) is 18.9 Å². The number of rotatable bonds is 3. The predicted molar refractivity (Wildman–Crippen MR) is 81.8 cm³/mol. The van der Waals surface area contributed by atoms with Gasteiger partial charge in [0.1, 0.15) is 0 Å². The van der Waals surface area contributed by atoms with E-state index in [4.69, 9.17) is 0 Å². The molecule has 1 N–H and O–H groups in total. The minimum atomic E-state index is 0.145. The summed E-state index contributed by atoms with van der Waals surface area (Å²) < 4.78 is 0. The summed E-state index contributed by atoms with van der Waals surface area (Å²) >= 11 is 0. The Kier molecular flexibility index (Phi) is 3.93. The molecule has 0 spiro atoms. The van der Waals surface area contributed by atoms with Crippen molar-refractivity contribution in [3.05, 3.63) is 60.2 Å². The molecule has 1 aliphatic heterocycles. The molecule has 1 unspecified atom stereocenters. The number of carbonyl (C=O) groups is 1. The van der Waals surface area contributed by atoms with Gasteiger partial charge in [-0.3, -0.25) is 4.79 Å². The van der Waals surface area contributed by atoms with E-state index in [2.05, 4.69) is 17.4 Å². The quantitative estimate of drug-likeness (QED) is 0.860. The molecule has 1 aliphatic rings. The van der Waals surface area contributed by atoms with Crippen LogP contribution in [0.3, 0.4) is 0 Å². The highest BCUT2D eigenvalue weighted by atomic mass is 16.1. The Balaban J connectivity index is 1.77. The topological polar surface area (TPSA) is 29.1 Å². The predicted octanol–water partition coefficient (Wildman–Crippen LogP) is 3.54. The van der Waals surface area contributed by atoms with Gasteiger partial charge in [0.05, 0.1) is 0 Å². The van der Waals surface area contributed by atoms with Gasteiger partial charge >= 0.3 is 0 Å². The van der Waals surface area contributed by atoms with Gasteiger partial charge in [0.15, 0.2) is 5.78 Å². The molecule has 20 heavy (non-hydrogen) atoms. The molecule has 0 amide bonds. The minimum absolute atomic E-state index is 0.145. The van der Waals surface area contributed by atoms with E-state index in [1.807, 2.05) is 42.5 Å². The molecule has 0 radical (unpaired) electrons. The zero-order chi connectivity index (χ0) is 13.8. The third-order valence-electron chi connectivity index (χ3n) is 3.94. The van der Waals surface area contributed by atoms with Gasteiger partial charge in [-0.05, 0) is 30.5 Å². The Morgan fingerprint density at radius 1 is 0.950 bits per heavy atom. The number of piperidine rings is 1. The fraction of sp³-hybridized carbons (Fsp3) is 0.278. The van der Waals surface area contributed by atoms with Crippen LogP contribution in [0.15, 0.2) is 54.6 Å². The number of nitrogens with one attached hydrogen (secondary N) is 1. The first-order valence-corrected chi connectivity index (χ1v) is 7.25. The van der Waals surface area contributed by atoms with E-state index in [9.17, 15) is 4.79 Å². The van der Waals surface area contributed by atoms with E-state index in [1.54, 1.807) is 0 Å². The van der Waals surface area contributed by atoms with Gasteiger partial charge in [-0.25, -0.2) is 0 Å². The van der Waals surface area contributed by atoms with Gasteiger partial charge in [0.25, 0.3) is 0 Å². The van der Waals surface area contributed by atoms with E-state index in [0.717, 1.165) is 37.1 Å². The summed E-state index contributed by atoms with van der Waals surface area (Å²) in [5.41, 5.74) is 3.17. The van der Waals surface area contributed by atoms with Crippen LogP contribution in [0, 0.1) is 5.92 Å². The Hall–Kier alpha value is -1.93. The lowest BCUT2D eigenvalue weighted by molar-refractivity contribution is 0.0899. The summed E-state index contributed by atoms with van der Waals surface area (Å²) in [6, 6.07) is 18.2. The highest BCUT2D eigenvalue weighted by molar-refractivity contribution is 5.98. The number of hydrogen-bond donors (Lipinski definition) is 1. The molecule has 0 bridgehead atoms. The molecule has 1 heterocycles. The molecular weight excluding hydrogens is 246 g/mol. The second-order valence-corrected chi connectivity index (χ2v) is 5.35. The van der Waals surface area contributed by atoms with E-state index in [1.165, 1.54) is 5.56 Å². The number of benzene rings is 2. The van der Waals surface area contributed by atoms with Crippen molar-refractivity contribution in [1.82, 2.24) is 5.32 Å². The highest BCUT2D eigenvalue weighted by Gasteiger charge is 2.21. The summed E-state index contributed by atoms with van der Waals surface area (Å²) in [5.74, 6) is 0.420. The van der Waals surface area contributed by atoms with Crippen molar-refractivity contribution in [2.75, 3.05) is 13.1 Å². The standard InChI is InChI=1S/C18H19NO/c20-18(17-7-4-12-19-13-17)16-10-8-15(9-11-16)14-5-2-1-3-6-14/h1-3,5-6,8-11,17,19H,4,7,12-13H2. The number of carbonyl (C=O) groups excluding carboxylic acids is 1. The highest BCUT2D eigenvalue weighted by Crippen LogP contribution is 2.22. The molecular formula is C18H19NO. The number of ketones is 1. The van der Waals surface area contributed by atoms with Gasteiger partial charge in [0, 0.05) is 18.0 Å². The molecule has 1 atom stereocenters. The smallest absolute Gasteiger partial charge is 0.167 e. The van der Waals surface area contributed by atoms with Crippen LogP contribution in [-0.2, 0) is 0 Å². The summed E-state index contributed by atoms with van der Waals surface area (Å²) in [6.07, 6.45) is 2.10. The van der Waals surface area contributed by atoms with Crippen LogP contribution in [0.4, 0.5) is 0 Å². The van der Waals surface area contributed by atoms with Crippen molar-refractivity contribution in [1.29, 1.82) is 0 Å². The second-order valence-electron chi connectivity index (χ2n) is 5.35. The maximum atomic E-state index is 12.4. The summed E-state index contributed by atoms with van der Waals surface area (Å²) in [6.45, 7) is 1.86. The molecule has 0 saturated carbocycles. The minimum Gasteiger partial charge on any atom is -0.316 e. The molecule has 2 heteroatoms. The summed E-state index contributed by atoms with van der Waals surface area (Å²) in [7, 11) is 0. The lowest BCUT2D eigenvalue weighted by atomic mass is 9.90. The molecule has 2 aromatic carbocycles. The normalized spacial score (nSPS) is 18.7. The van der Waals surface area contributed by atoms with Crippen LogP contribution in [0.25, 0.3) is 11.1 Å². The Morgan fingerprint density at radius 2 is 1.65 bits per heavy atom. The van der Waals surface area contributed by atoms with Gasteiger partial charge in [-0.15, -0.1) is 0 Å². The average molecular weight is 265 g/mol. The zero-order valence-electron chi connectivity index (χ0n) is 11.5. The first-order chi connectivity index (χ1) is 9.84. The molecule has 0 aromatic heterocycles. The van der Waals surface area contributed by atoms with Crippen LogP contribution in [0.2, 0.25) is 0 Å². The van der Waals surface area contributed by atoms with Crippen molar-refractivity contribution in [2.45, 2.75) is 12.8 Å². The molecule has 2 aromatic rings. The number of hydrogen-bond acceptors (Lipinski definition) is 2. The van der Waals surface area contributed by atoms with Crippen LogP contribution in [0.5, 0.6) is 0 Å². The van der Waals surface area contributed by atoms with Crippen molar-refractivity contribution in [3.63, 3.8) is 0 Å². The van der Waals surface area contributed by atoms with Crippen LogP contribution in [0.1, 0.15) is 23.2 Å². The Labute approximate surface area is 119 Å². The monoisotopic (exact) mass is 265 g/mol. The third-order valence-corrected chi connectivity index (χ3v) is 3.94. The average Bonchev–Trinajstić information content (AvgIpc) is 2.56. The van der Waals surface area contributed by atoms with Crippen molar-refractivity contribution < 1.29 is 4.79 Å². The summed E-state index contributed by atoms with van der Waals surface area (Å²) in [5, 5.41) is 3.30. The first kappa shape index (κ1) is 13.1. The van der Waals surface area contributed by atoms with Crippen molar-refractivity contribution >= 4 is 5.78 Å². The number of Topliss-reactive ketones (excluding diaryl/α,β-unsaturated/α-hetero) is 1. The first-order valence-electron chi connectivity index (χ1n) is 7.25. The van der Waals surface area contributed by atoms with Crippen molar-refractivity contribution in [3.8, 4) is 11.1 Å². The molecule has 1 fully saturated rings. The lowest BCUT2D eigenvalue weighted by Crippen LogP contribution is -2.34. The Morgan fingerprint density at radius 3 is 2.30 bits per heavy atom. The fourth-order valence-electron chi connectivity index (χ4n) is 2.77. The molecule has 102 valence electrons.